The second-order valence-electron chi connectivity index (χ2n) is 3.71. The summed E-state index contributed by atoms with van der Waals surface area (Å²) in [7, 11) is 1.52. The number of amides is 1. The van der Waals surface area contributed by atoms with Crippen LogP contribution >= 0.6 is 0 Å². The number of nitrogens with one attached hydrogen (secondary N) is 1. The molecule has 0 aromatic heterocycles. The van der Waals surface area contributed by atoms with Crippen molar-refractivity contribution in [3.63, 3.8) is 0 Å². The van der Waals surface area contributed by atoms with E-state index in [2.05, 4.69) is 5.32 Å². The second-order valence-corrected chi connectivity index (χ2v) is 3.71. The Morgan fingerprint density at radius 2 is 1.94 bits per heavy atom. The van der Waals surface area contributed by atoms with E-state index in [9.17, 15) is 14.4 Å². The topological polar surface area (TPSA) is 72.5 Å². The van der Waals surface area contributed by atoms with Crippen LogP contribution in [0.15, 0.2) is 24.3 Å². The van der Waals surface area contributed by atoms with E-state index in [-0.39, 0.29) is 12.3 Å². The van der Waals surface area contributed by atoms with Crippen LogP contribution in [0.25, 0.3) is 0 Å². The maximum atomic E-state index is 11.9. The van der Waals surface area contributed by atoms with Gasteiger partial charge in [0, 0.05) is 5.56 Å². The quantitative estimate of drug-likeness (QED) is 0.597. The molecule has 17 heavy (non-hydrogen) atoms. The van der Waals surface area contributed by atoms with Crippen molar-refractivity contribution in [1.29, 1.82) is 0 Å². The number of ketones is 2. The molecule has 1 aromatic carbocycles. The van der Waals surface area contributed by atoms with Crippen LogP contribution in [-0.4, -0.2) is 31.1 Å². The number of rotatable bonds is 3. The third-order valence-electron chi connectivity index (χ3n) is 2.66. The lowest BCUT2D eigenvalue weighted by atomic mass is 9.95. The van der Waals surface area contributed by atoms with Gasteiger partial charge >= 0.3 is 0 Å². The highest BCUT2D eigenvalue weighted by Gasteiger charge is 2.39. The Bertz CT molecular complexity index is 462. The van der Waals surface area contributed by atoms with Gasteiger partial charge < -0.3 is 10.1 Å². The molecule has 0 saturated carbocycles. The summed E-state index contributed by atoms with van der Waals surface area (Å²) in [6.07, 6.45) is 0. The lowest BCUT2D eigenvalue weighted by Crippen LogP contribution is -2.27. The molecule has 1 unspecified atom stereocenters. The summed E-state index contributed by atoms with van der Waals surface area (Å²) in [6, 6.07) is 6.31. The lowest BCUT2D eigenvalue weighted by Gasteiger charge is -2.05. The molecule has 1 N–H and O–H groups in total. The van der Waals surface area contributed by atoms with Crippen LogP contribution in [0.3, 0.4) is 0 Å². The molecule has 1 amide bonds. The average Bonchev–Trinajstić information content (AvgIpc) is 2.68. The lowest BCUT2D eigenvalue weighted by molar-refractivity contribution is -0.125. The number of carbonyl (C=O) groups excluding carboxylic acids is 3. The maximum Gasteiger partial charge on any atom is 0.238 e. The number of carbonyl (C=O) groups is 3. The van der Waals surface area contributed by atoms with Crippen molar-refractivity contribution < 1.29 is 19.1 Å². The zero-order chi connectivity index (χ0) is 12.4. The summed E-state index contributed by atoms with van der Waals surface area (Å²) in [4.78, 5) is 34.7. The Labute approximate surface area is 97.8 Å². The summed E-state index contributed by atoms with van der Waals surface area (Å²) in [5.74, 6) is -1.94. The van der Waals surface area contributed by atoms with Crippen LogP contribution in [0.1, 0.15) is 10.4 Å². The number of ether oxygens (including phenoxy) is 1. The molecule has 1 aromatic rings. The van der Waals surface area contributed by atoms with Gasteiger partial charge in [0.05, 0.1) is 13.7 Å². The molecule has 0 bridgehead atoms. The molecule has 0 spiro atoms. The summed E-state index contributed by atoms with van der Waals surface area (Å²) < 4.78 is 4.96. The monoisotopic (exact) mass is 233 g/mol. The van der Waals surface area contributed by atoms with Gasteiger partial charge in [0.2, 0.25) is 5.91 Å². The van der Waals surface area contributed by atoms with Crippen LogP contribution in [0.2, 0.25) is 0 Å². The fourth-order valence-electron chi connectivity index (χ4n) is 1.71. The van der Waals surface area contributed by atoms with Gasteiger partial charge in [-0.05, 0) is 24.3 Å². The van der Waals surface area contributed by atoms with Gasteiger partial charge in [-0.3, -0.25) is 14.4 Å². The molecule has 1 heterocycles. The van der Waals surface area contributed by atoms with E-state index in [0.29, 0.717) is 11.3 Å². The Balaban J connectivity index is 2.24. The van der Waals surface area contributed by atoms with E-state index < -0.39 is 17.6 Å². The van der Waals surface area contributed by atoms with E-state index in [1.807, 2.05) is 0 Å². The molecule has 5 heteroatoms. The van der Waals surface area contributed by atoms with E-state index in [1.54, 1.807) is 24.3 Å². The minimum atomic E-state index is -1.19. The fourth-order valence-corrected chi connectivity index (χ4v) is 1.71. The molecule has 1 aliphatic rings. The molecule has 0 aliphatic carbocycles. The summed E-state index contributed by atoms with van der Waals surface area (Å²) in [5.41, 5.74) is 0.334. The van der Waals surface area contributed by atoms with Crippen molar-refractivity contribution in [3.8, 4) is 5.75 Å². The van der Waals surface area contributed by atoms with Gasteiger partial charge in [-0.15, -0.1) is 0 Å². The van der Waals surface area contributed by atoms with Crippen molar-refractivity contribution in [2.75, 3.05) is 13.7 Å². The number of benzene rings is 1. The minimum Gasteiger partial charge on any atom is -0.497 e. The Kier molecular flexibility index (Phi) is 2.91. The first kappa shape index (κ1) is 11.3. The number of hydrogen-bond donors (Lipinski definition) is 1. The van der Waals surface area contributed by atoms with Gasteiger partial charge in [-0.1, -0.05) is 0 Å². The minimum absolute atomic E-state index is 0.0641. The van der Waals surface area contributed by atoms with Crippen LogP contribution in [0.4, 0.5) is 0 Å². The Hall–Kier alpha value is -2.17. The molecule has 1 aliphatic heterocycles. The summed E-state index contributed by atoms with van der Waals surface area (Å²) in [5, 5.41) is 2.36. The van der Waals surface area contributed by atoms with E-state index in [0.717, 1.165) is 0 Å². The van der Waals surface area contributed by atoms with Crippen molar-refractivity contribution in [1.82, 2.24) is 5.32 Å². The first-order valence-electron chi connectivity index (χ1n) is 5.12. The van der Waals surface area contributed by atoms with Gasteiger partial charge in [0.15, 0.2) is 17.5 Å². The highest BCUT2D eigenvalue weighted by atomic mass is 16.5. The zero-order valence-electron chi connectivity index (χ0n) is 9.23. The molecular formula is C12H11NO4. The average molecular weight is 233 g/mol. The standard InChI is InChI=1S/C12H11NO4/c1-17-8-4-2-7(3-5-8)11(15)10-9(14)6-13-12(10)16/h2-5,10H,6H2,1H3,(H,13,16). The second kappa shape index (κ2) is 4.37. The summed E-state index contributed by atoms with van der Waals surface area (Å²) in [6.45, 7) is -0.0641. The number of methoxy groups -OCH3 is 1. The fraction of sp³-hybridized carbons (Fsp3) is 0.250. The number of Topliss-reactive ketones (excluding diaryl/α,β-unsaturated/α-hetero) is 2. The molecule has 88 valence electrons. The van der Waals surface area contributed by atoms with Crippen molar-refractivity contribution in [2.45, 2.75) is 0 Å². The van der Waals surface area contributed by atoms with Crippen LogP contribution in [0, 0.1) is 5.92 Å². The van der Waals surface area contributed by atoms with Crippen molar-refractivity contribution in [3.05, 3.63) is 29.8 Å². The molecular weight excluding hydrogens is 222 g/mol. The summed E-state index contributed by atoms with van der Waals surface area (Å²) >= 11 is 0. The van der Waals surface area contributed by atoms with Gasteiger partial charge in [0.25, 0.3) is 0 Å². The normalized spacial score (nSPS) is 19.0. The zero-order valence-corrected chi connectivity index (χ0v) is 9.23. The smallest absolute Gasteiger partial charge is 0.238 e. The molecule has 2 rings (SSSR count). The SMILES string of the molecule is COc1ccc(C(=O)C2C(=O)CNC2=O)cc1. The van der Waals surface area contributed by atoms with E-state index in [1.165, 1.54) is 7.11 Å². The van der Waals surface area contributed by atoms with Crippen LogP contribution in [0.5, 0.6) is 5.75 Å². The largest absolute Gasteiger partial charge is 0.497 e. The highest BCUT2D eigenvalue weighted by molar-refractivity contribution is 6.27. The molecule has 5 nitrogen and oxygen atoms in total. The predicted molar refractivity (Wildman–Crippen MR) is 58.8 cm³/mol. The molecule has 1 saturated heterocycles. The third-order valence-corrected chi connectivity index (χ3v) is 2.66. The van der Waals surface area contributed by atoms with Gasteiger partial charge in [0.1, 0.15) is 5.75 Å². The van der Waals surface area contributed by atoms with E-state index in [4.69, 9.17) is 4.74 Å². The van der Waals surface area contributed by atoms with Gasteiger partial charge in [-0.25, -0.2) is 0 Å². The first-order valence-corrected chi connectivity index (χ1v) is 5.12. The predicted octanol–water partition coefficient (Wildman–Crippen LogP) is 0.193. The molecule has 1 atom stereocenters. The van der Waals surface area contributed by atoms with Crippen molar-refractivity contribution >= 4 is 17.5 Å². The van der Waals surface area contributed by atoms with Gasteiger partial charge in [-0.2, -0.15) is 0 Å². The van der Waals surface area contributed by atoms with Crippen LogP contribution in [-0.2, 0) is 9.59 Å². The Morgan fingerprint density at radius 1 is 1.29 bits per heavy atom. The molecule has 1 fully saturated rings. The Morgan fingerprint density at radius 3 is 2.41 bits per heavy atom. The van der Waals surface area contributed by atoms with Crippen molar-refractivity contribution in [2.24, 2.45) is 5.92 Å². The molecule has 0 radical (unpaired) electrons. The van der Waals surface area contributed by atoms with E-state index >= 15 is 0 Å². The number of hydrogen-bond acceptors (Lipinski definition) is 4. The first-order chi connectivity index (χ1) is 8.13. The van der Waals surface area contributed by atoms with Crippen LogP contribution < -0.4 is 10.1 Å². The third kappa shape index (κ3) is 2.04. The highest BCUT2D eigenvalue weighted by Crippen LogP contribution is 2.17. The maximum absolute atomic E-state index is 11.9.